The van der Waals surface area contributed by atoms with Crippen molar-refractivity contribution in [3.8, 4) is 67.3 Å². The highest BCUT2D eigenvalue weighted by Crippen LogP contribution is 2.42. The molecule has 0 atom stereocenters. The van der Waals surface area contributed by atoms with Gasteiger partial charge in [0.15, 0.2) is 5.82 Å². The van der Waals surface area contributed by atoms with Crippen LogP contribution in [0.3, 0.4) is 0 Å². The van der Waals surface area contributed by atoms with Gasteiger partial charge in [-0.15, -0.1) is 0 Å². The van der Waals surface area contributed by atoms with Gasteiger partial charge in [0, 0.05) is 67.1 Å². The number of hydrogen-bond donors (Lipinski definition) is 0. The maximum absolute atomic E-state index is 6.61. The van der Waals surface area contributed by atoms with Crippen LogP contribution in [0.15, 0.2) is 209 Å². The van der Waals surface area contributed by atoms with E-state index in [1.54, 1.807) is 0 Å². The topological polar surface area (TPSA) is 65.0 Å². The van der Waals surface area contributed by atoms with Crippen LogP contribution in [-0.4, -0.2) is 15.0 Å². The summed E-state index contributed by atoms with van der Waals surface area (Å²) in [7, 11) is 0. The Hall–Kier alpha value is -8.15. The maximum atomic E-state index is 6.61. The Kier molecular flexibility index (Phi) is 7.78. The van der Waals surface area contributed by atoms with E-state index in [1.807, 2.05) is 54.9 Å². The lowest BCUT2D eigenvalue weighted by Gasteiger charge is -2.14. The highest BCUT2D eigenvalue weighted by molar-refractivity contribution is 6.11. The van der Waals surface area contributed by atoms with E-state index in [0.717, 1.165) is 111 Å². The van der Waals surface area contributed by atoms with E-state index in [2.05, 4.69) is 151 Å². The summed E-state index contributed by atoms with van der Waals surface area (Å²) in [5.74, 6) is 0.619. The van der Waals surface area contributed by atoms with Gasteiger partial charge in [-0.2, -0.15) is 0 Å². The summed E-state index contributed by atoms with van der Waals surface area (Å²) in [6.07, 6.45) is 3.76. The third-order valence-electron chi connectivity index (χ3n) is 11.6. The number of furan rings is 2. The Morgan fingerprint density at radius 3 is 1.50 bits per heavy atom. The highest BCUT2D eigenvalue weighted by Gasteiger charge is 2.19. The predicted molar refractivity (Wildman–Crippen MR) is 245 cm³/mol. The molecule has 0 amide bonds. The van der Waals surface area contributed by atoms with Gasteiger partial charge in [0.1, 0.15) is 22.3 Å². The van der Waals surface area contributed by atoms with Crippen LogP contribution >= 0.6 is 0 Å². The number of fused-ring (bicyclic) bond motifs is 7. The molecule has 0 aliphatic carbocycles. The van der Waals surface area contributed by atoms with Gasteiger partial charge in [0.05, 0.1) is 11.4 Å². The largest absolute Gasteiger partial charge is 0.455 e. The smallest absolute Gasteiger partial charge is 0.160 e. The van der Waals surface area contributed by atoms with Gasteiger partial charge < -0.3 is 8.83 Å². The minimum atomic E-state index is 0.619. The molecule has 8 aromatic carbocycles. The van der Waals surface area contributed by atoms with Gasteiger partial charge in [0.2, 0.25) is 0 Å². The normalized spacial score (nSPS) is 11.7. The highest BCUT2D eigenvalue weighted by atomic mass is 16.3. The summed E-state index contributed by atoms with van der Waals surface area (Å²) in [5, 5.41) is 6.60. The molecular weight excluding hydrogens is 735 g/mol. The van der Waals surface area contributed by atoms with Crippen molar-refractivity contribution in [1.82, 2.24) is 15.0 Å². The Morgan fingerprint density at radius 1 is 0.333 bits per heavy atom. The van der Waals surface area contributed by atoms with E-state index >= 15 is 0 Å². The van der Waals surface area contributed by atoms with Gasteiger partial charge in [-0.25, -0.2) is 9.97 Å². The number of aromatic nitrogens is 3. The summed E-state index contributed by atoms with van der Waals surface area (Å²) in [6, 6.07) is 65.3. The number of rotatable bonds is 6. The lowest BCUT2D eigenvalue weighted by atomic mass is 9.93. The van der Waals surface area contributed by atoms with Crippen molar-refractivity contribution in [2.75, 3.05) is 0 Å². The quantitative estimate of drug-likeness (QED) is 0.169. The van der Waals surface area contributed by atoms with E-state index in [0.29, 0.717) is 5.82 Å². The zero-order chi connectivity index (χ0) is 39.6. The Labute approximate surface area is 344 Å². The molecule has 0 radical (unpaired) electrons. The minimum Gasteiger partial charge on any atom is -0.455 e. The molecule has 0 N–H and O–H groups in total. The zero-order valence-corrected chi connectivity index (χ0v) is 32.2. The number of hydrogen-bond acceptors (Lipinski definition) is 5. The molecule has 0 saturated heterocycles. The second-order valence-electron chi connectivity index (χ2n) is 15.2. The predicted octanol–water partition coefficient (Wildman–Crippen LogP) is 14.8. The van der Waals surface area contributed by atoms with E-state index in [1.165, 1.54) is 5.39 Å². The summed E-state index contributed by atoms with van der Waals surface area (Å²) >= 11 is 0. The standard InChI is InChI=1S/C55H33N3O2/c1-2-11-35(12-3-1)49-32-50(36-25-23-34(24-26-36)41-16-8-13-37-33-56-28-27-42(37)41)58-55(57-49)40-30-38(43-17-9-19-47-45-14-4-6-21-51(45)59-53(43)47)29-39(31-40)44-18-10-20-48-46-15-5-7-22-52(46)60-54(44)48/h1-33H. The van der Waals surface area contributed by atoms with Crippen LogP contribution in [-0.2, 0) is 0 Å². The molecule has 0 aliphatic rings. The van der Waals surface area contributed by atoms with Crippen molar-refractivity contribution in [2.45, 2.75) is 0 Å². The maximum Gasteiger partial charge on any atom is 0.160 e. The fraction of sp³-hybridized carbons (Fsp3) is 0. The fourth-order valence-electron chi connectivity index (χ4n) is 8.69. The Morgan fingerprint density at radius 2 is 0.850 bits per heavy atom. The summed E-state index contributed by atoms with van der Waals surface area (Å²) in [6.45, 7) is 0. The average molecular weight is 768 g/mol. The summed E-state index contributed by atoms with van der Waals surface area (Å²) < 4.78 is 13.2. The van der Waals surface area contributed by atoms with Crippen LogP contribution < -0.4 is 0 Å². The SMILES string of the molecule is c1ccc(-c2cc(-c3ccc(-c4cccc5cnccc45)cc3)nc(-c3cc(-c4cccc5c4oc4ccccc45)cc(-c4cccc5c4oc4ccccc45)c3)n2)cc1. The lowest BCUT2D eigenvalue weighted by Crippen LogP contribution is -1.97. The first kappa shape index (κ1) is 33.9. The van der Waals surface area contributed by atoms with Gasteiger partial charge in [-0.1, -0.05) is 146 Å². The molecule has 4 aromatic heterocycles. The van der Waals surface area contributed by atoms with Crippen molar-refractivity contribution in [3.05, 3.63) is 200 Å². The molecule has 12 rings (SSSR count). The molecule has 60 heavy (non-hydrogen) atoms. The molecule has 4 heterocycles. The van der Waals surface area contributed by atoms with Gasteiger partial charge in [-0.05, 0) is 70.1 Å². The summed E-state index contributed by atoms with van der Waals surface area (Å²) in [5.41, 5.74) is 14.2. The van der Waals surface area contributed by atoms with Crippen LogP contribution in [0.1, 0.15) is 0 Å². The molecule has 12 aromatic rings. The first-order valence-electron chi connectivity index (χ1n) is 20.1. The average Bonchev–Trinajstić information content (AvgIpc) is 3.90. The van der Waals surface area contributed by atoms with E-state index in [-0.39, 0.29) is 0 Å². The lowest BCUT2D eigenvalue weighted by molar-refractivity contribution is 0.670. The molecular formula is C55H33N3O2. The molecule has 0 saturated carbocycles. The molecule has 0 spiro atoms. The third kappa shape index (κ3) is 5.67. The Bertz CT molecular complexity index is 3470. The minimum absolute atomic E-state index is 0.619. The van der Waals surface area contributed by atoms with Gasteiger partial charge in [-0.3, -0.25) is 4.98 Å². The number of benzene rings is 8. The van der Waals surface area contributed by atoms with E-state index in [4.69, 9.17) is 18.8 Å². The molecule has 5 nitrogen and oxygen atoms in total. The zero-order valence-electron chi connectivity index (χ0n) is 32.2. The number of pyridine rings is 1. The first-order valence-corrected chi connectivity index (χ1v) is 20.1. The van der Waals surface area contributed by atoms with Crippen LogP contribution in [0.5, 0.6) is 0 Å². The second-order valence-corrected chi connectivity index (χ2v) is 15.2. The van der Waals surface area contributed by atoms with Gasteiger partial charge >= 0.3 is 0 Å². The van der Waals surface area contributed by atoms with Crippen molar-refractivity contribution >= 4 is 54.6 Å². The molecule has 280 valence electrons. The molecule has 0 unspecified atom stereocenters. The van der Waals surface area contributed by atoms with E-state index < -0.39 is 0 Å². The van der Waals surface area contributed by atoms with E-state index in [9.17, 15) is 0 Å². The van der Waals surface area contributed by atoms with Crippen LogP contribution in [0.4, 0.5) is 0 Å². The van der Waals surface area contributed by atoms with Crippen molar-refractivity contribution < 1.29 is 8.83 Å². The molecule has 0 bridgehead atoms. The monoisotopic (exact) mass is 767 g/mol. The van der Waals surface area contributed by atoms with Crippen LogP contribution in [0.25, 0.3) is 122 Å². The summed E-state index contributed by atoms with van der Waals surface area (Å²) in [4.78, 5) is 15.0. The number of para-hydroxylation sites is 4. The van der Waals surface area contributed by atoms with Crippen molar-refractivity contribution in [1.29, 1.82) is 0 Å². The fourth-order valence-corrected chi connectivity index (χ4v) is 8.69. The van der Waals surface area contributed by atoms with Crippen molar-refractivity contribution in [2.24, 2.45) is 0 Å². The molecule has 0 fully saturated rings. The molecule has 0 aliphatic heterocycles. The molecule has 5 heteroatoms. The third-order valence-corrected chi connectivity index (χ3v) is 11.6. The van der Waals surface area contributed by atoms with Crippen molar-refractivity contribution in [3.63, 3.8) is 0 Å². The number of nitrogens with zero attached hydrogens (tertiary/aromatic N) is 3. The first-order chi connectivity index (χ1) is 29.7. The Balaban J connectivity index is 1.07. The van der Waals surface area contributed by atoms with Crippen LogP contribution in [0, 0.1) is 0 Å². The van der Waals surface area contributed by atoms with Gasteiger partial charge in [0.25, 0.3) is 0 Å². The van der Waals surface area contributed by atoms with Crippen LogP contribution in [0.2, 0.25) is 0 Å². The second kappa shape index (κ2) is 13.8.